The van der Waals surface area contributed by atoms with Gasteiger partial charge in [-0.3, -0.25) is 14.1 Å². The van der Waals surface area contributed by atoms with Gasteiger partial charge in [-0.15, -0.1) is 0 Å². The van der Waals surface area contributed by atoms with Gasteiger partial charge in [-0.1, -0.05) is 6.92 Å². The van der Waals surface area contributed by atoms with E-state index in [1.54, 1.807) is 0 Å². The number of hydrogen-bond acceptors (Lipinski definition) is 8. The Balaban J connectivity index is 5.40. The molecule has 0 amide bonds. The van der Waals surface area contributed by atoms with Crippen LogP contribution >= 0.6 is 0 Å². The number of esters is 2. The van der Waals surface area contributed by atoms with E-state index in [9.17, 15) is 84.0 Å². The molecular formula is C20H24F14O9S. The van der Waals surface area contributed by atoms with Crippen molar-refractivity contribution in [2.45, 2.75) is 80.7 Å². The van der Waals surface area contributed by atoms with Crippen LogP contribution in [0.2, 0.25) is 0 Å². The third-order valence-electron chi connectivity index (χ3n) is 5.20. The van der Waals surface area contributed by atoms with Crippen LogP contribution in [-0.2, 0) is 38.7 Å². The van der Waals surface area contributed by atoms with Gasteiger partial charge >= 0.3 is 48.0 Å². The van der Waals surface area contributed by atoms with E-state index in [1.165, 1.54) is 0 Å². The first kappa shape index (κ1) is 41.8. The lowest BCUT2D eigenvalue weighted by Crippen LogP contribution is -2.54. The number of carbonyl (C=O) groups excluding carboxylic acids is 2. The minimum Gasteiger partial charge on any atom is -0.460 e. The van der Waals surface area contributed by atoms with Gasteiger partial charge in [0, 0.05) is 0 Å². The van der Waals surface area contributed by atoms with Gasteiger partial charge < -0.3 is 18.9 Å². The van der Waals surface area contributed by atoms with Crippen molar-refractivity contribution in [3.05, 3.63) is 0 Å². The summed E-state index contributed by atoms with van der Waals surface area (Å²) in [5.74, 6) is -30.6. The van der Waals surface area contributed by atoms with Crippen LogP contribution in [0.15, 0.2) is 0 Å². The van der Waals surface area contributed by atoms with Crippen molar-refractivity contribution in [2.24, 2.45) is 5.92 Å². The molecule has 4 atom stereocenters. The predicted molar refractivity (Wildman–Crippen MR) is 114 cm³/mol. The second-order valence-electron chi connectivity index (χ2n) is 9.03. The number of alkyl halides is 14. The number of carbonyl (C=O) groups is 2. The van der Waals surface area contributed by atoms with E-state index >= 15 is 0 Å². The summed E-state index contributed by atoms with van der Waals surface area (Å²) in [6.45, 7) is -5.18. The van der Waals surface area contributed by atoms with Crippen LogP contribution in [-0.4, -0.2) is 105 Å². The van der Waals surface area contributed by atoms with Gasteiger partial charge in [0.2, 0.25) is 0 Å². The Kier molecular flexibility index (Phi) is 13.7. The van der Waals surface area contributed by atoms with Gasteiger partial charge in [0.1, 0.15) is 25.4 Å². The largest absolute Gasteiger partial charge is 0.460 e. The molecule has 262 valence electrons. The van der Waals surface area contributed by atoms with Gasteiger partial charge in [0.05, 0.1) is 19.1 Å². The second kappa shape index (κ2) is 14.5. The van der Waals surface area contributed by atoms with E-state index in [0.29, 0.717) is 0 Å². The first-order valence-electron chi connectivity index (χ1n) is 11.5. The molecule has 0 aromatic heterocycles. The summed E-state index contributed by atoms with van der Waals surface area (Å²) in [5, 5.41) is -2.89. The molecule has 0 radical (unpaired) electrons. The van der Waals surface area contributed by atoms with Crippen LogP contribution in [0.25, 0.3) is 0 Å². The van der Waals surface area contributed by atoms with Gasteiger partial charge in [-0.2, -0.15) is 69.9 Å². The van der Waals surface area contributed by atoms with Crippen molar-refractivity contribution >= 4 is 22.1 Å². The van der Waals surface area contributed by atoms with Crippen molar-refractivity contribution < 1.29 is 103 Å². The highest BCUT2D eigenvalue weighted by Gasteiger charge is 2.74. The van der Waals surface area contributed by atoms with Crippen LogP contribution < -0.4 is 0 Å². The van der Waals surface area contributed by atoms with E-state index < -0.39 is 114 Å². The lowest BCUT2D eigenvalue weighted by Gasteiger charge is -2.28. The van der Waals surface area contributed by atoms with Crippen LogP contribution in [0.1, 0.15) is 27.2 Å². The fourth-order valence-corrected chi connectivity index (χ4v) is 3.94. The van der Waals surface area contributed by atoms with Crippen LogP contribution in [0, 0.1) is 5.92 Å². The number of ether oxygens (including phenoxy) is 4. The first-order chi connectivity index (χ1) is 19.4. The summed E-state index contributed by atoms with van der Waals surface area (Å²) in [7, 11) is -5.63. The molecule has 0 aromatic carbocycles. The Morgan fingerprint density at radius 3 is 1.25 bits per heavy atom. The molecule has 0 aliphatic carbocycles. The van der Waals surface area contributed by atoms with Crippen LogP contribution in [0.4, 0.5) is 61.5 Å². The quantitative estimate of drug-likeness (QED) is 0.129. The average molecular weight is 706 g/mol. The Labute approximate surface area is 238 Å². The van der Waals surface area contributed by atoms with Gasteiger partial charge in [-0.05, 0) is 20.3 Å². The van der Waals surface area contributed by atoms with E-state index in [-0.39, 0.29) is 0 Å². The summed E-state index contributed by atoms with van der Waals surface area (Å²) in [6.07, 6.45) is -17.7. The minimum absolute atomic E-state index is 0.703. The zero-order valence-electron chi connectivity index (χ0n) is 22.3. The Morgan fingerprint density at radius 2 is 0.977 bits per heavy atom. The maximum absolute atomic E-state index is 13.3. The molecule has 0 fully saturated rings. The number of rotatable bonds is 17. The summed E-state index contributed by atoms with van der Waals surface area (Å²) in [6, 6.07) is 0. The fourth-order valence-electron chi connectivity index (χ4n) is 2.92. The maximum Gasteiger partial charge on any atom is 0.459 e. The molecule has 0 bridgehead atoms. The molecule has 0 saturated carbocycles. The van der Waals surface area contributed by atoms with Crippen molar-refractivity contribution in [1.29, 1.82) is 0 Å². The molecule has 0 aliphatic rings. The van der Waals surface area contributed by atoms with E-state index in [0.717, 1.165) is 20.8 Å². The van der Waals surface area contributed by atoms with Crippen molar-refractivity contribution in [2.75, 3.05) is 26.4 Å². The highest BCUT2D eigenvalue weighted by Crippen LogP contribution is 2.47. The lowest BCUT2D eigenvalue weighted by atomic mass is 10.0. The Hall–Kier alpha value is -2.21. The normalized spacial score (nSPS) is 17.0. The van der Waals surface area contributed by atoms with Crippen LogP contribution in [0.5, 0.6) is 0 Å². The fraction of sp³-hybridized carbons (Fsp3) is 0.900. The standard InChI is InChI=1S/C20H24F14O9S/c1-4-11(13(35)42-9(2)5-40-7-15(21,22)17(25,26)19(29,30)31)12(44(37,38)39)14(36)43-10(3)6-41-8-16(23,24)18(27,28)20(32,33)34/h9-12H,4-8H2,1-3H3,(H,37,38,39). The summed E-state index contributed by atoms with van der Waals surface area (Å²) >= 11 is 0. The molecule has 9 nitrogen and oxygen atoms in total. The summed E-state index contributed by atoms with van der Waals surface area (Å²) in [4.78, 5) is 24.8. The van der Waals surface area contributed by atoms with Crippen molar-refractivity contribution in [3.8, 4) is 0 Å². The van der Waals surface area contributed by atoms with E-state index in [4.69, 9.17) is 0 Å². The monoisotopic (exact) mass is 706 g/mol. The van der Waals surface area contributed by atoms with E-state index in [1.807, 2.05) is 0 Å². The molecule has 0 aromatic rings. The second-order valence-corrected chi connectivity index (χ2v) is 10.6. The average Bonchev–Trinajstić information content (AvgIpc) is 2.79. The summed E-state index contributed by atoms with van der Waals surface area (Å²) in [5.41, 5.74) is 0. The molecule has 4 unspecified atom stereocenters. The zero-order valence-corrected chi connectivity index (χ0v) is 23.1. The molecule has 44 heavy (non-hydrogen) atoms. The maximum atomic E-state index is 13.3. The number of halogens is 14. The highest BCUT2D eigenvalue weighted by atomic mass is 32.2. The predicted octanol–water partition coefficient (Wildman–Crippen LogP) is 4.83. The van der Waals surface area contributed by atoms with Crippen molar-refractivity contribution in [3.63, 3.8) is 0 Å². The highest BCUT2D eigenvalue weighted by molar-refractivity contribution is 7.87. The van der Waals surface area contributed by atoms with E-state index in [2.05, 4.69) is 18.9 Å². The van der Waals surface area contributed by atoms with Crippen LogP contribution in [0.3, 0.4) is 0 Å². The molecule has 0 heterocycles. The lowest BCUT2D eigenvalue weighted by molar-refractivity contribution is -0.361. The number of hydrogen-bond donors (Lipinski definition) is 1. The Morgan fingerprint density at radius 1 is 0.659 bits per heavy atom. The molecule has 1 N–H and O–H groups in total. The molecule has 0 aliphatic heterocycles. The molecule has 0 rings (SSSR count). The zero-order chi connectivity index (χ0) is 35.3. The smallest absolute Gasteiger partial charge is 0.459 e. The van der Waals surface area contributed by atoms with Crippen molar-refractivity contribution in [1.82, 2.24) is 0 Å². The van der Waals surface area contributed by atoms with Gasteiger partial charge in [0.15, 0.2) is 5.25 Å². The Bertz CT molecular complexity index is 1080. The first-order valence-corrected chi connectivity index (χ1v) is 13.0. The minimum atomic E-state index is -6.68. The van der Waals surface area contributed by atoms with Gasteiger partial charge in [-0.25, -0.2) is 0 Å². The molecule has 0 spiro atoms. The molecule has 0 saturated heterocycles. The molecule has 24 heteroatoms. The third-order valence-corrected chi connectivity index (χ3v) is 6.36. The molecular weight excluding hydrogens is 682 g/mol. The summed E-state index contributed by atoms with van der Waals surface area (Å²) < 4.78 is 228. The van der Waals surface area contributed by atoms with Gasteiger partial charge in [0.25, 0.3) is 10.1 Å². The topological polar surface area (TPSA) is 125 Å². The third kappa shape index (κ3) is 10.4. The SMILES string of the molecule is CCC(C(=O)OC(C)COCC(F)(F)C(F)(F)C(F)(F)F)C(C(=O)OC(C)COCC(F)(F)C(F)(F)C(F)(F)F)S(=O)(=O)O.